The molecule has 182 valence electrons. The number of nitrogens with one attached hydrogen (secondary N) is 1. The van der Waals surface area contributed by atoms with Crippen LogP contribution in [-0.2, 0) is 0 Å². The number of carbonyl (C=O) groups excluding carboxylic acids is 2. The molecule has 2 saturated heterocycles. The number of likely N-dealkylation sites (tertiary alicyclic amines) is 1. The average Bonchev–Trinajstić information content (AvgIpc) is 3.40. The van der Waals surface area contributed by atoms with E-state index in [0.29, 0.717) is 41.7 Å². The summed E-state index contributed by atoms with van der Waals surface area (Å²) in [6.07, 6.45) is 6.55. The molecule has 3 N–H and O–H groups in total. The van der Waals surface area contributed by atoms with E-state index in [1.54, 1.807) is 23.2 Å². The Morgan fingerprint density at radius 1 is 1.03 bits per heavy atom. The van der Waals surface area contributed by atoms with Gasteiger partial charge in [-0.3, -0.25) is 9.78 Å². The molecule has 0 spiro atoms. The number of piperidine rings is 2. The van der Waals surface area contributed by atoms with E-state index in [2.05, 4.69) is 25.3 Å². The van der Waals surface area contributed by atoms with Crippen LogP contribution >= 0.6 is 0 Å². The molecule has 2 aliphatic rings. The van der Waals surface area contributed by atoms with Crippen LogP contribution in [0.3, 0.4) is 0 Å². The topological polar surface area (TPSA) is 130 Å². The molecule has 0 saturated carbocycles. The second kappa shape index (κ2) is 10.1. The highest BCUT2D eigenvalue weighted by molar-refractivity contribution is 5.99. The smallest absolute Gasteiger partial charge is 0.321 e. The number of hydrogen-bond donors (Lipinski definition) is 2. The van der Waals surface area contributed by atoms with E-state index < -0.39 is 5.91 Å². The number of primary amides is 1. The molecule has 10 nitrogen and oxygen atoms in total. The lowest BCUT2D eigenvalue weighted by molar-refractivity contribution is 0.1000. The van der Waals surface area contributed by atoms with Gasteiger partial charge in [0.1, 0.15) is 5.69 Å². The Labute approximate surface area is 203 Å². The Morgan fingerprint density at radius 2 is 1.83 bits per heavy atom. The van der Waals surface area contributed by atoms with E-state index in [0.717, 1.165) is 44.5 Å². The largest absolute Gasteiger partial charge is 0.370 e. The van der Waals surface area contributed by atoms with Gasteiger partial charge < -0.3 is 25.4 Å². The van der Waals surface area contributed by atoms with Gasteiger partial charge in [-0.05, 0) is 62.4 Å². The van der Waals surface area contributed by atoms with Crippen molar-refractivity contribution in [2.45, 2.75) is 38.0 Å². The molecule has 3 aromatic rings. The lowest BCUT2D eigenvalue weighted by atomic mass is 9.97. The summed E-state index contributed by atoms with van der Waals surface area (Å²) < 4.78 is 5.50. The van der Waals surface area contributed by atoms with Crippen LogP contribution < -0.4 is 16.0 Å². The number of benzene rings is 1. The van der Waals surface area contributed by atoms with Gasteiger partial charge in [0, 0.05) is 43.9 Å². The van der Waals surface area contributed by atoms with Gasteiger partial charge in [-0.25, -0.2) is 4.79 Å². The lowest BCUT2D eigenvalue weighted by Gasteiger charge is -2.33. The molecule has 5 rings (SSSR count). The van der Waals surface area contributed by atoms with Crippen molar-refractivity contribution >= 4 is 23.3 Å². The lowest BCUT2D eigenvalue weighted by Crippen LogP contribution is -2.41. The van der Waals surface area contributed by atoms with Gasteiger partial charge in [-0.15, -0.1) is 0 Å². The van der Waals surface area contributed by atoms with Crippen molar-refractivity contribution in [2.24, 2.45) is 5.73 Å². The van der Waals surface area contributed by atoms with Gasteiger partial charge in [0.25, 0.3) is 0 Å². The van der Waals surface area contributed by atoms with Crippen LogP contribution in [0.1, 0.15) is 54.3 Å². The van der Waals surface area contributed by atoms with Crippen molar-refractivity contribution < 1.29 is 14.1 Å². The summed E-state index contributed by atoms with van der Waals surface area (Å²) in [7, 11) is 0. The average molecular weight is 476 g/mol. The standard InChI is InChI=1S/C25H29N7O3/c26-22(33)18-7-8-21(31-12-4-1-5-13-31)20(16-18)28-25(34)32-14-9-17(10-15-32)24-29-23(30-35-24)19-6-2-3-11-27-19/h2-3,6-8,11,16-17H,1,4-5,9-10,12-15H2,(H2,26,33)(H,28,34). The van der Waals surface area contributed by atoms with Crippen LogP contribution in [0.25, 0.3) is 11.5 Å². The normalized spacial score (nSPS) is 16.8. The summed E-state index contributed by atoms with van der Waals surface area (Å²) in [6, 6.07) is 10.6. The van der Waals surface area contributed by atoms with Crippen LogP contribution in [0, 0.1) is 0 Å². The Morgan fingerprint density at radius 3 is 2.54 bits per heavy atom. The maximum Gasteiger partial charge on any atom is 0.321 e. The number of amides is 3. The van der Waals surface area contributed by atoms with Crippen LogP contribution in [0.5, 0.6) is 0 Å². The first-order valence-electron chi connectivity index (χ1n) is 12.1. The summed E-state index contributed by atoms with van der Waals surface area (Å²) in [4.78, 5) is 37.7. The maximum atomic E-state index is 13.1. The molecule has 2 fully saturated rings. The number of anilines is 2. The highest BCUT2D eigenvalue weighted by Crippen LogP contribution is 2.32. The second-order valence-corrected chi connectivity index (χ2v) is 9.01. The van der Waals surface area contributed by atoms with Crippen LogP contribution in [0.2, 0.25) is 0 Å². The predicted octanol–water partition coefficient (Wildman–Crippen LogP) is 3.63. The van der Waals surface area contributed by atoms with Crippen LogP contribution in [-0.4, -0.2) is 58.1 Å². The van der Waals surface area contributed by atoms with Crippen molar-refractivity contribution in [2.75, 3.05) is 36.4 Å². The van der Waals surface area contributed by atoms with E-state index in [9.17, 15) is 9.59 Å². The number of pyridine rings is 1. The molecule has 2 aliphatic heterocycles. The number of nitrogens with zero attached hydrogens (tertiary/aromatic N) is 5. The summed E-state index contributed by atoms with van der Waals surface area (Å²) in [5, 5.41) is 7.10. The maximum absolute atomic E-state index is 13.1. The first-order valence-corrected chi connectivity index (χ1v) is 12.1. The highest BCUT2D eigenvalue weighted by Gasteiger charge is 2.28. The monoisotopic (exact) mass is 475 g/mol. The molecule has 2 aromatic heterocycles. The SMILES string of the molecule is NC(=O)c1ccc(N2CCCCC2)c(NC(=O)N2CCC(c3nc(-c4ccccn4)no3)CC2)c1. The molecule has 10 heteroatoms. The first kappa shape index (κ1) is 22.8. The summed E-state index contributed by atoms with van der Waals surface area (Å²) in [5.41, 5.74) is 8.08. The molecule has 0 unspecified atom stereocenters. The summed E-state index contributed by atoms with van der Waals surface area (Å²) >= 11 is 0. The molecule has 0 aliphatic carbocycles. The van der Waals surface area contributed by atoms with Crippen LogP contribution in [0.15, 0.2) is 47.1 Å². The third-order valence-electron chi connectivity index (χ3n) is 6.69. The third kappa shape index (κ3) is 5.11. The predicted molar refractivity (Wildman–Crippen MR) is 131 cm³/mol. The molecular weight excluding hydrogens is 446 g/mol. The third-order valence-corrected chi connectivity index (χ3v) is 6.69. The van der Waals surface area contributed by atoms with Gasteiger partial charge in [-0.1, -0.05) is 11.2 Å². The van der Waals surface area contributed by atoms with Crippen LogP contribution in [0.4, 0.5) is 16.2 Å². The number of rotatable bonds is 5. The van der Waals surface area contributed by atoms with Crippen molar-refractivity contribution in [1.29, 1.82) is 0 Å². The number of hydrogen-bond acceptors (Lipinski definition) is 7. The molecule has 35 heavy (non-hydrogen) atoms. The Hall–Kier alpha value is -3.95. The van der Waals surface area contributed by atoms with Gasteiger partial charge in [0.2, 0.25) is 17.6 Å². The number of urea groups is 1. The first-order chi connectivity index (χ1) is 17.1. The van der Waals surface area contributed by atoms with Crippen molar-refractivity contribution in [3.05, 3.63) is 54.0 Å². The van der Waals surface area contributed by atoms with E-state index in [1.165, 1.54) is 6.42 Å². The minimum absolute atomic E-state index is 0.0890. The van der Waals surface area contributed by atoms with Crippen molar-refractivity contribution in [1.82, 2.24) is 20.0 Å². The van der Waals surface area contributed by atoms with Crippen molar-refractivity contribution in [3.8, 4) is 11.5 Å². The molecule has 0 bridgehead atoms. The Kier molecular flexibility index (Phi) is 6.60. The molecule has 0 radical (unpaired) electrons. The van der Waals surface area contributed by atoms with Crippen molar-refractivity contribution in [3.63, 3.8) is 0 Å². The van der Waals surface area contributed by atoms with E-state index in [4.69, 9.17) is 10.3 Å². The molecule has 4 heterocycles. The Balaban J connectivity index is 1.24. The fourth-order valence-electron chi connectivity index (χ4n) is 4.72. The van der Waals surface area contributed by atoms with Gasteiger partial charge in [-0.2, -0.15) is 4.98 Å². The van der Waals surface area contributed by atoms with E-state index in [1.807, 2.05) is 24.3 Å². The fourth-order valence-corrected chi connectivity index (χ4v) is 4.72. The minimum atomic E-state index is -0.517. The Bertz CT molecular complexity index is 1180. The highest BCUT2D eigenvalue weighted by atomic mass is 16.5. The molecule has 0 atom stereocenters. The van der Waals surface area contributed by atoms with E-state index >= 15 is 0 Å². The van der Waals surface area contributed by atoms with Gasteiger partial charge >= 0.3 is 6.03 Å². The zero-order valence-corrected chi connectivity index (χ0v) is 19.5. The second-order valence-electron chi connectivity index (χ2n) is 9.01. The molecule has 3 amide bonds. The number of aromatic nitrogens is 3. The van der Waals surface area contributed by atoms with E-state index in [-0.39, 0.29) is 11.9 Å². The molecular formula is C25H29N7O3. The molecule has 1 aromatic carbocycles. The zero-order chi connectivity index (χ0) is 24.2. The number of carbonyl (C=O) groups is 2. The number of nitrogens with two attached hydrogens (primary N) is 1. The fraction of sp³-hybridized carbons (Fsp3) is 0.400. The zero-order valence-electron chi connectivity index (χ0n) is 19.5. The minimum Gasteiger partial charge on any atom is -0.370 e. The summed E-state index contributed by atoms with van der Waals surface area (Å²) in [6.45, 7) is 2.97. The summed E-state index contributed by atoms with van der Waals surface area (Å²) in [5.74, 6) is 0.620. The quantitative estimate of drug-likeness (QED) is 0.576. The van der Waals surface area contributed by atoms with Gasteiger partial charge in [0.15, 0.2) is 0 Å². The van der Waals surface area contributed by atoms with Gasteiger partial charge in [0.05, 0.1) is 11.4 Å².